The standard InChI is InChI=1S/C26H40O19/c1-9(29)37-8-17-21(22(39-11(3)31)23(24(36)41-17)40-12(4)32)45-25-14(38-10(2)30)5-13(15(6-27)43-25)42-26-20(35)19(34)18(33)16(7-28)44-26/h13-28,33-36H,5-8H2,1-4H3/t13-,14-,15-,16-,17-,18+,19+,20-,21-,22+,23-,24-,25+,26+/m1/s1. The van der Waals surface area contributed by atoms with Crippen LogP contribution in [0.25, 0.3) is 0 Å². The van der Waals surface area contributed by atoms with Gasteiger partial charge in [-0.15, -0.1) is 0 Å². The Bertz CT molecular complexity index is 1020. The highest BCUT2D eigenvalue weighted by atomic mass is 16.8. The summed E-state index contributed by atoms with van der Waals surface area (Å²) in [7, 11) is 0. The zero-order chi connectivity index (χ0) is 33.6. The largest absolute Gasteiger partial charge is 0.463 e. The Morgan fingerprint density at radius 1 is 0.600 bits per heavy atom. The normalized spacial score (nSPS) is 40.2. The number of rotatable bonds is 11. The average molecular weight is 657 g/mol. The Kier molecular flexibility index (Phi) is 13.4. The lowest BCUT2D eigenvalue weighted by Gasteiger charge is -2.47. The molecule has 3 heterocycles. The van der Waals surface area contributed by atoms with E-state index in [9.17, 15) is 49.8 Å². The third-order valence-corrected chi connectivity index (χ3v) is 7.10. The molecule has 0 aliphatic carbocycles. The predicted octanol–water partition coefficient (Wildman–Crippen LogP) is -4.26. The van der Waals surface area contributed by atoms with Crippen molar-refractivity contribution in [1.29, 1.82) is 0 Å². The van der Waals surface area contributed by atoms with Gasteiger partial charge in [-0.25, -0.2) is 0 Å². The van der Waals surface area contributed by atoms with Gasteiger partial charge in [0.25, 0.3) is 0 Å². The van der Waals surface area contributed by atoms with Gasteiger partial charge in [-0.2, -0.15) is 0 Å². The smallest absolute Gasteiger partial charge is 0.303 e. The molecule has 3 aliphatic heterocycles. The van der Waals surface area contributed by atoms with Gasteiger partial charge in [0.15, 0.2) is 37.2 Å². The molecule has 3 saturated heterocycles. The second-order valence-corrected chi connectivity index (χ2v) is 10.6. The van der Waals surface area contributed by atoms with Crippen molar-refractivity contribution in [3.8, 4) is 0 Å². The van der Waals surface area contributed by atoms with E-state index in [0.717, 1.165) is 27.7 Å². The Morgan fingerprint density at radius 3 is 1.73 bits per heavy atom. The molecular weight excluding hydrogens is 616 g/mol. The van der Waals surface area contributed by atoms with E-state index >= 15 is 0 Å². The highest BCUT2D eigenvalue weighted by Crippen LogP contribution is 2.34. The summed E-state index contributed by atoms with van der Waals surface area (Å²) in [4.78, 5) is 47.5. The molecule has 3 aliphatic rings. The molecule has 0 radical (unpaired) electrons. The first-order valence-corrected chi connectivity index (χ1v) is 14.0. The van der Waals surface area contributed by atoms with Crippen molar-refractivity contribution >= 4 is 23.9 Å². The third-order valence-electron chi connectivity index (χ3n) is 7.10. The summed E-state index contributed by atoms with van der Waals surface area (Å²) >= 11 is 0. The Balaban J connectivity index is 1.91. The van der Waals surface area contributed by atoms with Gasteiger partial charge in [0, 0.05) is 34.1 Å². The van der Waals surface area contributed by atoms with E-state index in [0.29, 0.717) is 0 Å². The highest BCUT2D eigenvalue weighted by molar-refractivity contribution is 5.68. The molecule has 0 aromatic carbocycles. The Hall–Kier alpha value is -2.56. The van der Waals surface area contributed by atoms with Gasteiger partial charge in [-0.05, 0) is 0 Å². The SMILES string of the molecule is CC(=O)OC[C@H]1O[C@@H](O)[C@H](OC(C)=O)[C@@H](OC(C)=O)[C@@H]1O[C@@H]1O[C@H](CO)[C@H](O[C@H]2O[C@H](CO)[C@H](O)[C@H](O)[C@H]2O)C[C@H]1OC(C)=O. The van der Waals surface area contributed by atoms with E-state index in [1.165, 1.54) is 0 Å². The minimum Gasteiger partial charge on any atom is -0.463 e. The molecule has 3 rings (SSSR count). The van der Waals surface area contributed by atoms with Gasteiger partial charge in [-0.3, -0.25) is 19.2 Å². The summed E-state index contributed by atoms with van der Waals surface area (Å²) in [6.07, 6.45) is -21.8. The van der Waals surface area contributed by atoms with Crippen LogP contribution in [-0.4, -0.2) is 160 Å². The number of carbonyl (C=O) groups excluding carboxylic acids is 4. The number of carbonyl (C=O) groups is 4. The van der Waals surface area contributed by atoms with Crippen LogP contribution in [0.15, 0.2) is 0 Å². The lowest BCUT2D eigenvalue weighted by atomic mass is 9.97. The van der Waals surface area contributed by atoms with Gasteiger partial charge in [0.1, 0.15) is 49.3 Å². The first-order chi connectivity index (χ1) is 21.2. The summed E-state index contributed by atoms with van der Waals surface area (Å²) in [5, 5.41) is 60.8. The Morgan fingerprint density at radius 2 is 1.18 bits per heavy atom. The van der Waals surface area contributed by atoms with E-state index in [4.69, 9.17) is 42.6 Å². The molecule has 0 aromatic rings. The highest BCUT2D eigenvalue weighted by Gasteiger charge is 2.54. The van der Waals surface area contributed by atoms with Crippen molar-refractivity contribution in [3.05, 3.63) is 0 Å². The summed E-state index contributed by atoms with van der Waals surface area (Å²) in [6.45, 7) is 2.22. The van der Waals surface area contributed by atoms with Crippen molar-refractivity contribution in [2.24, 2.45) is 0 Å². The topological polar surface area (TPSA) is 273 Å². The van der Waals surface area contributed by atoms with Crippen LogP contribution in [0.5, 0.6) is 0 Å². The quantitative estimate of drug-likeness (QED) is 0.0907. The van der Waals surface area contributed by atoms with Crippen LogP contribution in [0.1, 0.15) is 34.1 Å². The zero-order valence-corrected chi connectivity index (χ0v) is 24.9. The molecule has 14 atom stereocenters. The van der Waals surface area contributed by atoms with Crippen LogP contribution in [0.3, 0.4) is 0 Å². The third kappa shape index (κ3) is 9.48. The zero-order valence-electron chi connectivity index (χ0n) is 24.9. The number of aliphatic hydroxyl groups is 6. The van der Waals surface area contributed by atoms with Crippen LogP contribution in [0, 0.1) is 0 Å². The average Bonchev–Trinajstić information content (AvgIpc) is 2.95. The van der Waals surface area contributed by atoms with Crippen LogP contribution in [0.4, 0.5) is 0 Å². The maximum absolute atomic E-state index is 12.1. The number of ether oxygens (including phenoxy) is 9. The van der Waals surface area contributed by atoms with Crippen molar-refractivity contribution in [2.45, 2.75) is 120 Å². The molecule has 6 N–H and O–H groups in total. The van der Waals surface area contributed by atoms with Crippen LogP contribution >= 0.6 is 0 Å². The van der Waals surface area contributed by atoms with Crippen LogP contribution in [0.2, 0.25) is 0 Å². The van der Waals surface area contributed by atoms with Crippen molar-refractivity contribution < 1.29 is 92.4 Å². The first-order valence-electron chi connectivity index (χ1n) is 14.0. The second kappa shape index (κ2) is 16.3. The van der Waals surface area contributed by atoms with Crippen molar-refractivity contribution in [1.82, 2.24) is 0 Å². The molecule has 0 amide bonds. The van der Waals surface area contributed by atoms with E-state index < -0.39 is 130 Å². The number of esters is 4. The molecule has 0 unspecified atom stereocenters. The van der Waals surface area contributed by atoms with E-state index in [1.54, 1.807) is 0 Å². The van der Waals surface area contributed by atoms with Gasteiger partial charge < -0.3 is 73.3 Å². The number of aliphatic hydroxyl groups excluding tert-OH is 6. The van der Waals surface area contributed by atoms with Crippen LogP contribution in [-0.2, 0) is 61.8 Å². The molecule has 0 aromatic heterocycles. The maximum atomic E-state index is 12.1. The predicted molar refractivity (Wildman–Crippen MR) is 138 cm³/mol. The Labute approximate surface area is 256 Å². The minimum absolute atomic E-state index is 0.291. The van der Waals surface area contributed by atoms with Gasteiger partial charge in [0.2, 0.25) is 0 Å². The summed E-state index contributed by atoms with van der Waals surface area (Å²) in [6, 6.07) is 0. The molecule has 45 heavy (non-hydrogen) atoms. The van der Waals surface area contributed by atoms with E-state index in [2.05, 4.69) is 0 Å². The molecule has 0 saturated carbocycles. The van der Waals surface area contributed by atoms with Crippen molar-refractivity contribution in [2.75, 3.05) is 19.8 Å². The minimum atomic E-state index is -1.86. The summed E-state index contributed by atoms with van der Waals surface area (Å²) in [5.41, 5.74) is 0. The van der Waals surface area contributed by atoms with Gasteiger partial charge in [-0.1, -0.05) is 0 Å². The summed E-state index contributed by atoms with van der Waals surface area (Å²) < 4.78 is 49.4. The van der Waals surface area contributed by atoms with Crippen LogP contribution < -0.4 is 0 Å². The number of hydrogen-bond donors (Lipinski definition) is 6. The second-order valence-electron chi connectivity index (χ2n) is 10.6. The van der Waals surface area contributed by atoms with E-state index in [-0.39, 0.29) is 6.42 Å². The molecule has 19 nitrogen and oxygen atoms in total. The van der Waals surface area contributed by atoms with Gasteiger partial charge >= 0.3 is 23.9 Å². The van der Waals surface area contributed by atoms with Gasteiger partial charge in [0.05, 0.1) is 19.3 Å². The fourth-order valence-corrected chi connectivity index (χ4v) is 5.12. The molecule has 19 heteroatoms. The first kappa shape index (κ1) is 36.9. The lowest BCUT2D eigenvalue weighted by Crippen LogP contribution is -2.64. The summed E-state index contributed by atoms with van der Waals surface area (Å²) in [5.74, 6) is -3.31. The molecule has 0 bridgehead atoms. The van der Waals surface area contributed by atoms with Crippen molar-refractivity contribution in [3.63, 3.8) is 0 Å². The maximum Gasteiger partial charge on any atom is 0.303 e. The monoisotopic (exact) mass is 656 g/mol. The molecular formula is C26H40O19. The lowest BCUT2D eigenvalue weighted by molar-refractivity contribution is -0.363. The molecule has 0 spiro atoms. The van der Waals surface area contributed by atoms with E-state index in [1.807, 2.05) is 0 Å². The number of hydrogen-bond acceptors (Lipinski definition) is 19. The molecule has 258 valence electrons. The molecule has 3 fully saturated rings. The fraction of sp³-hybridized carbons (Fsp3) is 0.846. The fourth-order valence-electron chi connectivity index (χ4n) is 5.12.